The van der Waals surface area contributed by atoms with Gasteiger partial charge in [0.1, 0.15) is 5.82 Å². The van der Waals surface area contributed by atoms with Crippen molar-refractivity contribution in [3.05, 3.63) is 75.7 Å². The summed E-state index contributed by atoms with van der Waals surface area (Å²) in [5.41, 5.74) is 0.964. The predicted molar refractivity (Wildman–Crippen MR) is 94.9 cm³/mol. The van der Waals surface area contributed by atoms with Gasteiger partial charge in [0.25, 0.3) is 0 Å². The molecule has 24 heavy (non-hydrogen) atoms. The third-order valence-corrected chi connectivity index (χ3v) is 5.01. The van der Waals surface area contributed by atoms with Crippen LogP contribution in [0.5, 0.6) is 0 Å². The van der Waals surface area contributed by atoms with E-state index in [0.717, 1.165) is 29.3 Å². The molecular weight excluding hydrogens is 347 g/mol. The fraction of sp³-hybridized carbons (Fsp3) is 0.278. The van der Waals surface area contributed by atoms with Gasteiger partial charge in [-0.05, 0) is 42.7 Å². The molecule has 3 nitrogen and oxygen atoms in total. The van der Waals surface area contributed by atoms with E-state index in [1.165, 1.54) is 17.0 Å². The average molecular weight is 365 g/mol. The maximum absolute atomic E-state index is 13.0. The van der Waals surface area contributed by atoms with E-state index in [-0.39, 0.29) is 11.9 Å². The number of halogens is 2. The van der Waals surface area contributed by atoms with Crippen LogP contribution in [-0.2, 0) is 24.3 Å². The second-order valence-electron chi connectivity index (χ2n) is 5.56. The molecular formula is C18H18ClFN2OS. The number of aromatic nitrogens is 2. The first-order valence-electron chi connectivity index (χ1n) is 7.75. The van der Waals surface area contributed by atoms with Crippen LogP contribution in [0.1, 0.15) is 16.9 Å². The lowest BCUT2D eigenvalue weighted by Gasteiger charge is -2.18. The summed E-state index contributed by atoms with van der Waals surface area (Å²) in [5.74, 6) is -0.233. The van der Waals surface area contributed by atoms with Crippen LogP contribution < -0.4 is 0 Å². The van der Waals surface area contributed by atoms with Crippen molar-refractivity contribution in [3.8, 4) is 0 Å². The summed E-state index contributed by atoms with van der Waals surface area (Å²) in [6.07, 6.45) is 7.32. The van der Waals surface area contributed by atoms with Gasteiger partial charge in [0.2, 0.25) is 0 Å². The van der Waals surface area contributed by atoms with Gasteiger partial charge in [0, 0.05) is 23.8 Å². The van der Waals surface area contributed by atoms with Gasteiger partial charge in [-0.1, -0.05) is 23.7 Å². The van der Waals surface area contributed by atoms with Crippen molar-refractivity contribution in [2.45, 2.75) is 32.1 Å². The van der Waals surface area contributed by atoms with Crippen LogP contribution in [0, 0.1) is 5.82 Å². The number of imidazole rings is 1. The quantitative estimate of drug-likeness (QED) is 0.565. The molecule has 3 rings (SSSR count). The van der Waals surface area contributed by atoms with Crippen molar-refractivity contribution in [2.75, 3.05) is 0 Å². The SMILES string of the molecule is Fc1ccc(COC(CCc2ccc(Cl)s2)Cn2ccnc2)cc1. The molecule has 0 saturated carbocycles. The van der Waals surface area contributed by atoms with Gasteiger partial charge < -0.3 is 9.30 Å². The summed E-state index contributed by atoms with van der Waals surface area (Å²) in [6, 6.07) is 10.4. The first-order chi connectivity index (χ1) is 11.7. The van der Waals surface area contributed by atoms with E-state index in [1.807, 2.05) is 16.8 Å². The minimum Gasteiger partial charge on any atom is -0.372 e. The van der Waals surface area contributed by atoms with E-state index in [0.29, 0.717) is 6.61 Å². The fourth-order valence-corrected chi connectivity index (χ4v) is 3.54. The largest absolute Gasteiger partial charge is 0.372 e. The monoisotopic (exact) mass is 364 g/mol. The summed E-state index contributed by atoms with van der Waals surface area (Å²) >= 11 is 7.59. The molecule has 0 amide bonds. The zero-order chi connectivity index (χ0) is 16.8. The van der Waals surface area contributed by atoms with Crippen molar-refractivity contribution in [2.24, 2.45) is 0 Å². The Labute approximate surface area is 149 Å². The number of nitrogens with zero attached hydrogens (tertiary/aromatic N) is 2. The smallest absolute Gasteiger partial charge is 0.123 e. The topological polar surface area (TPSA) is 27.1 Å². The van der Waals surface area contributed by atoms with Gasteiger partial charge in [-0.15, -0.1) is 11.3 Å². The molecule has 6 heteroatoms. The molecule has 0 bridgehead atoms. The van der Waals surface area contributed by atoms with E-state index in [1.54, 1.807) is 36.0 Å². The highest BCUT2D eigenvalue weighted by Crippen LogP contribution is 2.23. The van der Waals surface area contributed by atoms with E-state index in [2.05, 4.69) is 11.1 Å². The second kappa shape index (κ2) is 8.42. The minimum atomic E-state index is -0.233. The van der Waals surface area contributed by atoms with E-state index >= 15 is 0 Å². The van der Waals surface area contributed by atoms with Crippen LogP contribution in [0.15, 0.2) is 55.1 Å². The Bertz CT molecular complexity index is 743. The standard InChI is InChI=1S/C18H18ClFN2OS/c19-18-8-7-17(24-18)6-5-16(11-22-10-9-21-13-22)23-12-14-1-3-15(20)4-2-14/h1-4,7-10,13,16H,5-6,11-12H2. The van der Waals surface area contributed by atoms with Crippen molar-refractivity contribution >= 4 is 22.9 Å². The highest BCUT2D eigenvalue weighted by atomic mass is 35.5. The maximum Gasteiger partial charge on any atom is 0.123 e. The number of ether oxygens (including phenoxy) is 1. The van der Waals surface area contributed by atoms with Gasteiger partial charge >= 0.3 is 0 Å². The number of benzene rings is 1. The zero-order valence-electron chi connectivity index (χ0n) is 13.1. The first kappa shape index (κ1) is 17.1. The molecule has 0 fully saturated rings. The summed E-state index contributed by atoms with van der Waals surface area (Å²) in [5, 5.41) is 0. The summed E-state index contributed by atoms with van der Waals surface area (Å²) in [6.45, 7) is 1.20. The van der Waals surface area contributed by atoms with Gasteiger partial charge in [-0.2, -0.15) is 0 Å². The van der Waals surface area contributed by atoms with Crippen LogP contribution >= 0.6 is 22.9 Å². The third kappa shape index (κ3) is 5.16. The van der Waals surface area contributed by atoms with E-state index < -0.39 is 0 Å². The molecule has 2 aromatic heterocycles. The third-order valence-electron chi connectivity index (χ3n) is 3.71. The van der Waals surface area contributed by atoms with Gasteiger partial charge in [-0.3, -0.25) is 0 Å². The van der Waals surface area contributed by atoms with Crippen LogP contribution in [0.3, 0.4) is 0 Å². The lowest BCUT2D eigenvalue weighted by atomic mass is 10.1. The van der Waals surface area contributed by atoms with E-state index in [4.69, 9.17) is 16.3 Å². The molecule has 1 unspecified atom stereocenters. The highest BCUT2D eigenvalue weighted by Gasteiger charge is 2.12. The summed E-state index contributed by atoms with van der Waals surface area (Å²) in [4.78, 5) is 5.33. The molecule has 0 aliphatic rings. The molecule has 0 N–H and O–H groups in total. The van der Waals surface area contributed by atoms with Crippen LogP contribution in [-0.4, -0.2) is 15.7 Å². The molecule has 0 spiro atoms. The predicted octanol–water partition coefficient (Wildman–Crippen LogP) is 4.96. The van der Waals surface area contributed by atoms with Crippen molar-refractivity contribution in [1.82, 2.24) is 9.55 Å². The van der Waals surface area contributed by atoms with Crippen molar-refractivity contribution < 1.29 is 9.13 Å². The lowest BCUT2D eigenvalue weighted by Crippen LogP contribution is -2.20. The number of hydrogen-bond donors (Lipinski definition) is 0. The Morgan fingerprint density at radius 1 is 1.21 bits per heavy atom. The molecule has 1 aromatic carbocycles. The Balaban J connectivity index is 1.59. The Morgan fingerprint density at radius 3 is 2.71 bits per heavy atom. The second-order valence-corrected chi connectivity index (χ2v) is 7.36. The molecule has 126 valence electrons. The number of thiophene rings is 1. The molecule has 2 heterocycles. The van der Waals surface area contributed by atoms with Gasteiger partial charge in [0.05, 0.1) is 23.4 Å². The number of aryl methyl sites for hydroxylation is 1. The molecule has 0 radical (unpaired) electrons. The van der Waals surface area contributed by atoms with Crippen molar-refractivity contribution in [1.29, 1.82) is 0 Å². The van der Waals surface area contributed by atoms with Crippen LogP contribution in [0.4, 0.5) is 4.39 Å². The Morgan fingerprint density at radius 2 is 2.04 bits per heavy atom. The first-order valence-corrected chi connectivity index (χ1v) is 8.94. The normalized spacial score (nSPS) is 12.4. The Kier molecular flexibility index (Phi) is 6.01. The van der Waals surface area contributed by atoms with Gasteiger partial charge in [0.15, 0.2) is 0 Å². The minimum absolute atomic E-state index is 0.0464. The number of rotatable bonds is 8. The Hall–Kier alpha value is -1.69. The highest BCUT2D eigenvalue weighted by molar-refractivity contribution is 7.16. The fourth-order valence-electron chi connectivity index (χ4n) is 2.44. The van der Waals surface area contributed by atoms with Crippen molar-refractivity contribution in [3.63, 3.8) is 0 Å². The molecule has 0 aliphatic heterocycles. The summed E-state index contributed by atoms with van der Waals surface area (Å²) < 4.78 is 21.9. The molecule has 0 saturated heterocycles. The van der Waals surface area contributed by atoms with E-state index in [9.17, 15) is 4.39 Å². The van der Waals surface area contributed by atoms with Crippen LogP contribution in [0.25, 0.3) is 0 Å². The zero-order valence-corrected chi connectivity index (χ0v) is 14.6. The maximum atomic E-state index is 13.0. The molecule has 0 aliphatic carbocycles. The number of hydrogen-bond acceptors (Lipinski definition) is 3. The average Bonchev–Trinajstić information content (AvgIpc) is 3.23. The molecule has 1 atom stereocenters. The van der Waals surface area contributed by atoms with Crippen LogP contribution in [0.2, 0.25) is 4.34 Å². The summed E-state index contributed by atoms with van der Waals surface area (Å²) in [7, 11) is 0. The van der Waals surface area contributed by atoms with Gasteiger partial charge in [-0.25, -0.2) is 9.37 Å². The molecule has 3 aromatic rings. The lowest BCUT2D eigenvalue weighted by molar-refractivity contribution is 0.0240.